The molecule has 1 aromatic carbocycles. The maximum atomic E-state index is 9.42. The Kier molecular flexibility index (Phi) is 4.58. The highest BCUT2D eigenvalue weighted by Crippen LogP contribution is 2.30. The third-order valence-electron chi connectivity index (χ3n) is 3.74. The molecule has 1 fully saturated rings. The normalized spacial score (nSPS) is 22.1. The van der Waals surface area contributed by atoms with Crippen LogP contribution in [0.25, 0.3) is 0 Å². The van der Waals surface area contributed by atoms with E-state index in [-0.39, 0.29) is 18.7 Å². The lowest BCUT2D eigenvalue weighted by atomic mass is 10.0. The van der Waals surface area contributed by atoms with Crippen molar-refractivity contribution in [3.8, 4) is 5.75 Å². The van der Waals surface area contributed by atoms with E-state index in [2.05, 4.69) is 11.0 Å². The summed E-state index contributed by atoms with van der Waals surface area (Å²) >= 11 is 0. The van der Waals surface area contributed by atoms with Crippen molar-refractivity contribution in [1.82, 2.24) is 4.90 Å². The lowest BCUT2D eigenvalue weighted by Gasteiger charge is -2.31. The summed E-state index contributed by atoms with van der Waals surface area (Å²) in [5.74, 6) is 0.852. The summed E-state index contributed by atoms with van der Waals surface area (Å²) in [5.41, 5.74) is 7.09. The van der Waals surface area contributed by atoms with E-state index in [0.717, 1.165) is 30.7 Å². The van der Waals surface area contributed by atoms with Crippen LogP contribution in [0.4, 0.5) is 0 Å². The molecule has 0 aliphatic carbocycles. The third kappa shape index (κ3) is 2.66. The van der Waals surface area contributed by atoms with Gasteiger partial charge in [-0.3, -0.25) is 4.90 Å². The lowest BCUT2D eigenvalue weighted by Crippen LogP contribution is -2.39. The standard InChI is InChI=1S/C14H22N2O2/c1-18-13-6-2-4-11(8-13)14(9-15)16-7-3-5-12(16)10-17/h2,4,6,8,12,14,17H,3,5,7,9-10,15H2,1H3. The molecule has 1 aromatic rings. The van der Waals surface area contributed by atoms with E-state index in [1.54, 1.807) is 7.11 Å². The van der Waals surface area contributed by atoms with Crippen molar-refractivity contribution < 1.29 is 9.84 Å². The third-order valence-corrected chi connectivity index (χ3v) is 3.74. The number of benzene rings is 1. The molecule has 4 heteroatoms. The first-order valence-electron chi connectivity index (χ1n) is 6.50. The van der Waals surface area contributed by atoms with Crippen molar-refractivity contribution >= 4 is 0 Å². The van der Waals surface area contributed by atoms with Gasteiger partial charge < -0.3 is 15.6 Å². The van der Waals surface area contributed by atoms with E-state index in [1.807, 2.05) is 18.2 Å². The summed E-state index contributed by atoms with van der Waals surface area (Å²) in [5, 5.41) is 9.42. The second kappa shape index (κ2) is 6.18. The maximum absolute atomic E-state index is 9.42. The number of nitrogens with two attached hydrogens (primary N) is 1. The molecule has 1 heterocycles. The molecule has 0 spiro atoms. The van der Waals surface area contributed by atoms with Gasteiger partial charge in [-0.2, -0.15) is 0 Å². The molecular weight excluding hydrogens is 228 g/mol. The van der Waals surface area contributed by atoms with E-state index in [4.69, 9.17) is 10.5 Å². The number of aliphatic hydroxyl groups excluding tert-OH is 1. The van der Waals surface area contributed by atoms with Crippen LogP contribution in [0.5, 0.6) is 5.75 Å². The van der Waals surface area contributed by atoms with Crippen LogP contribution < -0.4 is 10.5 Å². The van der Waals surface area contributed by atoms with E-state index in [0.29, 0.717) is 6.54 Å². The van der Waals surface area contributed by atoms with Crippen molar-refractivity contribution in [2.75, 3.05) is 26.8 Å². The van der Waals surface area contributed by atoms with Gasteiger partial charge in [0, 0.05) is 18.6 Å². The first kappa shape index (κ1) is 13.3. The molecule has 1 saturated heterocycles. The summed E-state index contributed by atoms with van der Waals surface area (Å²) < 4.78 is 5.26. The smallest absolute Gasteiger partial charge is 0.119 e. The van der Waals surface area contributed by atoms with Gasteiger partial charge in [0.05, 0.1) is 13.7 Å². The second-order valence-corrected chi connectivity index (χ2v) is 4.74. The molecule has 100 valence electrons. The summed E-state index contributed by atoms with van der Waals surface area (Å²) in [6.45, 7) is 1.77. The minimum Gasteiger partial charge on any atom is -0.497 e. The minimum atomic E-state index is 0.166. The lowest BCUT2D eigenvalue weighted by molar-refractivity contribution is 0.121. The Balaban J connectivity index is 2.21. The molecule has 0 aromatic heterocycles. The molecule has 4 nitrogen and oxygen atoms in total. The van der Waals surface area contributed by atoms with Gasteiger partial charge in [-0.15, -0.1) is 0 Å². The number of ether oxygens (including phenoxy) is 1. The van der Waals surface area contributed by atoms with Crippen LogP contribution in [-0.2, 0) is 0 Å². The molecule has 0 radical (unpaired) electrons. The van der Waals surface area contributed by atoms with Gasteiger partial charge in [0.1, 0.15) is 5.75 Å². The van der Waals surface area contributed by atoms with Crippen LogP contribution in [0.1, 0.15) is 24.4 Å². The zero-order valence-electron chi connectivity index (χ0n) is 10.9. The van der Waals surface area contributed by atoms with Crippen LogP contribution in [0.15, 0.2) is 24.3 Å². The summed E-state index contributed by atoms with van der Waals surface area (Å²) in [6.07, 6.45) is 2.18. The van der Waals surface area contributed by atoms with Crippen LogP contribution in [0.2, 0.25) is 0 Å². The number of hydrogen-bond acceptors (Lipinski definition) is 4. The molecule has 1 aliphatic heterocycles. The number of aliphatic hydroxyl groups is 1. The zero-order chi connectivity index (χ0) is 13.0. The monoisotopic (exact) mass is 250 g/mol. The summed E-state index contributed by atoms with van der Waals surface area (Å²) in [6, 6.07) is 8.44. The fourth-order valence-electron chi connectivity index (χ4n) is 2.78. The van der Waals surface area contributed by atoms with Gasteiger partial charge in [-0.25, -0.2) is 0 Å². The van der Waals surface area contributed by atoms with Crippen molar-refractivity contribution in [2.45, 2.75) is 24.9 Å². The first-order valence-corrected chi connectivity index (χ1v) is 6.50. The minimum absolute atomic E-state index is 0.166. The highest BCUT2D eigenvalue weighted by atomic mass is 16.5. The van der Waals surface area contributed by atoms with E-state index in [9.17, 15) is 5.11 Å². The Morgan fingerprint density at radius 3 is 3.06 bits per heavy atom. The average molecular weight is 250 g/mol. The Bertz CT molecular complexity index is 384. The van der Waals surface area contributed by atoms with Crippen LogP contribution in [0.3, 0.4) is 0 Å². The molecule has 0 saturated carbocycles. The summed E-state index contributed by atoms with van der Waals surface area (Å²) in [7, 11) is 1.67. The summed E-state index contributed by atoms with van der Waals surface area (Å²) in [4.78, 5) is 2.31. The van der Waals surface area contributed by atoms with Gasteiger partial charge in [-0.1, -0.05) is 12.1 Å². The fourth-order valence-corrected chi connectivity index (χ4v) is 2.78. The molecule has 2 rings (SSSR count). The Morgan fingerprint density at radius 1 is 1.56 bits per heavy atom. The largest absolute Gasteiger partial charge is 0.497 e. The predicted molar refractivity (Wildman–Crippen MR) is 71.6 cm³/mol. The Morgan fingerprint density at radius 2 is 2.39 bits per heavy atom. The van der Waals surface area contributed by atoms with E-state index in [1.165, 1.54) is 0 Å². The molecule has 0 bridgehead atoms. The number of likely N-dealkylation sites (tertiary alicyclic amines) is 1. The SMILES string of the molecule is COc1cccc(C(CN)N2CCCC2CO)c1. The quantitative estimate of drug-likeness (QED) is 0.823. The zero-order valence-corrected chi connectivity index (χ0v) is 10.9. The Hall–Kier alpha value is -1.10. The Labute approximate surface area is 108 Å². The van der Waals surface area contributed by atoms with E-state index >= 15 is 0 Å². The van der Waals surface area contributed by atoms with Crippen molar-refractivity contribution in [1.29, 1.82) is 0 Å². The number of rotatable bonds is 5. The maximum Gasteiger partial charge on any atom is 0.119 e. The average Bonchev–Trinajstić information content (AvgIpc) is 2.88. The highest BCUT2D eigenvalue weighted by molar-refractivity contribution is 5.31. The fraction of sp³-hybridized carbons (Fsp3) is 0.571. The molecule has 18 heavy (non-hydrogen) atoms. The molecule has 0 amide bonds. The molecule has 2 atom stereocenters. The molecule has 1 aliphatic rings. The van der Waals surface area contributed by atoms with Crippen LogP contribution in [0, 0.1) is 0 Å². The van der Waals surface area contributed by atoms with Crippen molar-refractivity contribution in [3.63, 3.8) is 0 Å². The van der Waals surface area contributed by atoms with Gasteiger partial charge >= 0.3 is 0 Å². The number of methoxy groups -OCH3 is 1. The van der Waals surface area contributed by atoms with Gasteiger partial charge in [-0.05, 0) is 37.1 Å². The van der Waals surface area contributed by atoms with Crippen LogP contribution in [-0.4, -0.2) is 42.9 Å². The molecule has 2 unspecified atom stereocenters. The first-order chi connectivity index (χ1) is 8.80. The van der Waals surface area contributed by atoms with Gasteiger partial charge in [0.2, 0.25) is 0 Å². The van der Waals surface area contributed by atoms with Crippen molar-refractivity contribution in [2.24, 2.45) is 5.73 Å². The topological polar surface area (TPSA) is 58.7 Å². The van der Waals surface area contributed by atoms with E-state index < -0.39 is 0 Å². The number of nitrogens with zero attached hydrogens (tertiary/aromatic N) is 1. The molecular formula is C14H22N2O2. The highest BCUT2D eigenvalue weighted by Gasteiger charge is 2.30. The molecule has 3 N–H and O–H groups in total. The van der Waals surface area contributed by atoms with Gasteiger partial charge in [0.25, 0.3) is 0 Å². The second-order valence-electron chi connectivity index (χ2n) is 4.74. The van der Waals surface area contributed by atoms with Gasteiger partial charge in [0.15, 0.2) is 0 Å². The van der Waals surface area contributed by atoms with Crippen LogP contribution >= 0.6 is 0 Å². The predicted octanol–water partition coefficient (Wildman–Crippen LogP) is 1.15. The number of hydrogen-bond donors (Lipinski definition) is 2. The van der Waals surface area contributed by atoms with Crippen molar-refractivity contribution in [3.05, 3.63) is 29.8 Å².